The minimum atomic E-state index is -0.0158. The molecule has 0 bridgehead atoms. The molecule has 7 heteroatoms. The third-order valence-electron chi connectivity index (χ3n) is 2.95. The highest BCUT2D eigenvalue weighted by Gasteiger charge is 2.26. The van der Waals surface area contributed by atoms with E-state index in [-0.39, 0.29) is 24.9 Å². The SMILES string of the molecule is CN1CC(=O)N(CCCn2ccc(N)n2)CC1=O. The lowest BCUT2D eigenvalue weighted by atomic mass is 10.3. The van der Waals surface area contributed by atoms with E-state index >= 15 is 0 Å². The van der Waals surface area contributed by atoms with E-state index in [4.69, 9.17) is 5.73 Å². The maximum Gasteiger partial charge on any atom is 0.242 e. The number of aryl methyl sites for hydroxylation is 1. The summed E-state index contributed by atoms with van der Waals surface area (Å²) < 4.78 is 1.73. The number of nitrogens with zero attached hydrogens (tertiary/aromatic N) is 4. The molecule has 1 saturated heterocycles. The fraction of sp³-hybridized carbons (Fsp3) is 0.545. The number of hydrogen-bond acceptors (Lipinski definition) is 4. The molecule has 1 aliphatic heterocycles. The van der Waals surface area contributed by atoms with Crippen molar-refractivity contribution >= 4 is 17.6 Å². The minimum absolute atomic E-state index is 0.00270. The van der Waals surface area contributed by atoms with Crippen molar-refractivity contribution in [2.45, 2.75) is 13.0 Å². The molecule has 2 rings (SSSR count). The van der Waals surface area contributed by atoms with Gasteiger partial charge in [-0.3, -0.25) is 14.3 Å². The van der Waals surface area contributed by atoms with Crippen LogP contribution in [0.3, 0.4) is 0 Å². The molecule has 1 fully saturated rings. The number of rotatable bonds is 4. The van der Waals surface area contributed by atoms with Gasteiger partial charge in [0.15, 0.2) is 0 Å². The van der Waals surface area contributed by atoms with Crippen molar-refractivity contribution < 1.29 is 9.59 Å². The first-order valence-corrected chi connectivity index (χ1v) is 5.87. The largest absolute Gasteiger partial charge is 0.382 e. The van der Waals surface area contributed by atoms with Gasteiger partial charge in [0, 0.05) is 26.3 Å². The Balaban J connectivity index is 1.79. The van der Waals surface area contributed by atoms with Gasteiger partial charge in [0.25, 0.3) is 0 Å². The van der Waals surface area contributed by atoms with Gasteiger partial charge in [0.05, 0.1) is 13.1 Å². The number of piperazine rings is 1. The molecule has 98 valence electrons. The number of nitrogens with two attached hydrogens (primary N) is 1. The lowest BCUT2D eigenvalue weighted by Crippen LogP contribution is -2.52. The molecule has 0 atom stereocenters. The summed E-state index contributed by atoms with van der Waals surface area (Å²) in [7, 11) is 1.64. The number of amides is 2. The van der Waals surface area contributed by atoms with Gasteiger partial charge in [-0.1, -0.05) is 0 Å². The second-order valence-electron chi connectivity index (χ2n) is 4.42. The zero-order chi connectivity index (χ0) is 13.1. The number of carbonyl (C=O) groups excluding carboxylic acids is 2. The average molecular weight is 251 g/mol. The highest BCUT2D eigenvalue weighted by Crippen LogP contribution is 2.04. The second-order valence-corrected chi connectivity index (χ2v) is 4.42. The minimum Gasteiger partial charge on any atom is -0.382 e. The summed E-state index contributed by atoms with van der Waals surface area (Å²) >= 11 is 0. The number of carbonyl (C=O) groups is 2. The van der Waals surface area contributed by atoms with E-state index in [1.807, 2.05) is 0 Å². The van der Waals surface area contributed by atoms with Crippen molar-refractivity contribution in [3.05, 3.63) is 12.3 Å². The molecule has 18 heavy (non-hydrogen) atoms. The number of nitrogen functional groups attached to an aromatic ring is 1. The van der Waals surface area contributed by atoms with E-state index in [1.54, 1.807) is 28.9 Å². The molecule has 7 nitrogen and oxygen atoms in total. The van der Waals surface area contributed by atoms with E-state index in [2.05, 4.69) is 5.10 Å². The van der Waals surface area contributed by atoms with Crippen LogP contribution < -0.4 is 5.73 Å². The number of likely N-dealkylation sites (N-methyl/N-ethyl adjacent to an activating group) is 1. The number of aromatic nitrogens is 2. The van der Waals surface area contributed by atoms with E-state index in [0.717, 1.165) is 6.42 Å². The normalized spacial score (nSPS) is 16.5. The molecule has 2 N–H and O–H groups in total. The average Bonchev–Trinajstić information content (AvgIpc) is 2.71. The molecule has 0 aromatic carbocycles. The van der Waals surface area contributed by atoms with Gasteiger partial charge in [0.2, 0.25) is 11.8 Å². The van der Waals surface area contributed by atoms with Gasteiger partial charge < -0.3 is 15.5 Å². The molecule has 1 aromatic rings. The van der Waals surface area contributed by atoms with Crippen molar-refractivity contribution in [3.8, 4) is 0 Å². The van der Waals surface area contributed by atoms with Crippen molar-refractivity contribution in [2.75, 3.05) is 32.4 Å². The summed E-state index contributed by atoms with van der Waals surface area (Å²) in [5.74, 6) is 0.468. The van der Waals surface area contributed by atoms with Crippen LogP contribution in [0.1, 0.15) is 6.42 Å². The molecule has 0 aliphatic carbocycles. The molecule has 0 spiro atoms. The van der Waals surface area contributed by atoms with Gasteiger partial charge in [-0.05, 0) is 12.5 Å². The monoisotopic (exact) mass is 251 g/mol. The molecule has 0 saturated carbocycles. The van der Waals surface area contributed by atoms with Gasteiger partial charge in [0.1, 0.15) is 5.82 Å². The van der Waals surface area contributed by atoms with Crippen LogP contribution in [0.5, 0.6) is 0 Å². The van der Waals surface area contributed by atoms with E-state index in [9.17, 15) is 9.59 Å². The summed E-state index contributed by atoms with van der Waals surface area (Å²) in [5.41, 5.74) is 5.50. The van der Waals surface area contributed by atoms with Crippen LogP contribution in [0.25, 0.3) is 0 Å². The summed E-state index contributed by atoms with van der Waals surface area (Å²) in [5, 5.41) is 4.06. The molecular formula is C11H17N5O2. The van der Waals surface area contributed by atoms with Crippen LogP contribution in [0.4, 0.5) is 5.82 Å². The second kappa shape index (κ2) is 5.07. The number of anilines is 1. The molecule has 1 aliphatic rings. The van der Waals surface area contributed by atoms with Crippen LogP contribution >= 0.6 is 0 Å². The Morgan fingerprint density at radius 1 is 1.28 bits per heavy atom. The van der Waals surface area contributed by atoms with Gasteiger partial charge in [-0.15, -0.1) is 0 Å². The zero-order valence-corrected chi connectivity index (χ0v) is 10.4. The standard InChI is InChI=1S/C11H17N5O2/c1-14-7-11(18)15(8-10(14)17)4-2-5-16-6-3-9(12)13-16/h3,6H,2,4-5,7-8H2,1H3,(H2,12,13). The Kier molecular flexibility index (Phi) is 3.50. The van der Waals surface area contributed by atoms with Crippen LogP contribution in [0.2, 0.25) is 0 Å². The molecule has 2 amide bonds. The van der Waals surface area contributed by atoms with Gasteiger partial charge in [-0.25, -0.2) is 0 Å². The fourth-order valence-electron chi connectivity index (χ4n) is 1.89. The topological polar surface area (TPSA) is 84.5 Å². The van der Waals surface area contributed by atoms with Crippen molar-refractivity contribution in [2.24, 2.45) is 0 Å². The van der Waals surface area contributed by atoms with Crippen molar-refractivity contribution in [1.82, 2.24) is 19.6 Å². The summed E-state index contributed by atoms with van der Waals surface area (Å²) in [6.07, 6.45) is 2.55. The summed E-state index contributed by atoms with van der Waals surface area (Å²) in [6.45, 7) is 1.60. The van der Waals surface area contributed by atoms with Gasteiger partial charge >= 0.3 is 0 Å². The van der Waals surface area contributed by atoms with E-state index < -0.39 is 0 Å². The first-order chi connectivity index (χ1) is 8.56. The molecule has 1 aromatic heterocycles. The molecular weight excluding hydrogens is 234 g/mol. The molecule has 0 radical (unpaired) electrons. The Labute approximate surface area is 105 Å². The Morgan fingerprint density at radius 2 is 2.06 bits per heavy atom. The molecule has 2 heterocycles. The zero-order valence-electron chi connectivity index (χ0n) is 10.4. The molecule has 0 unspecified atom stereocenters. The summed E-state index contributed by atoms with van der Waals surface area (Å²) in [6, 6.07) is 1.73. The first kappa shape index (κ1) is 12.4. The maximum absolute atomic E-state index is 11.7. The van der Waals surface area contributed by atoms with Crippen LogP contribution in [0.15, 0.2) is 12.3 Å². The Morgan fingerprint density at radius 3 is 2.72 bits per heavy atom. The quantitative estimate of drug-likeness (QED) is 0.756. The summed E-state index contributed by atoms with van der Waals surface area (Å²) in [4.78, 5) is 26.2. The lowest BCUT2D eigenvalue weighted by molar-refractivity contribution is -0.148. The van der Waals surface area contributed by atoms with Crippen LogP contribution in [-0.4, -0.2) is 58.1 Å². The Bertz CT molecular complexity index is 456. The van der Waals surface area contributed by atoms with E-state index in [1.165, 1.54) is 4.90 Å². The lowest BCUT2D eigenvalue weighted by Gasteiger charge is -2.31. The predicted octanol–water partition coefficient (Wildman–Crippen LogP) is -0.844. The van der Waals surface area contributed by atoms with Crippen molar-refractivity contribution in [3.63, 3.8) is 0 Å². The first-order valence-electron chi connectivity index (χ1n) is 5.87. The highest BCUT2D eigenvalue weighted by atomic mass is 16.2. The maximum atomic E-state index is 11.7. The predicted molar refractivity (Wildman–Crippen MR) is 65.5 cm³/mol. The Hall–Kier alpha value is -2.05. The van der Waals surface area contributed by atoms with Gasteiger partial charge in [-0.2, -0.15) is 5.10 Å². The smallest absolute Gasteiger partial charge is 0.242 e. The van der Waals surface area contributed by atoms with Crippen molar-refractivity contribution in [1.29, 1.82) is 0 Å². The third kappa shape index (κ3) is 2.79. The number of hydrogen-bond donors (Lipinski definition) is 1. The van der Waals surface area contributed by atoms with Crippen LogP contribution in [0, 0.1) is 0 Å². The highest BCUT2D eigenvalue weighted by molar-refractivity contribution is 5.92. The van der Waals surface area contributed by atoms with Crippen LogP contribution in [-0.2, 0) is 16.1 Å². The third-order valence-corrected chi connectivity index (χ3v) is 2.95. The van der Waals surface area contributed by atoms with E-state index in [0.29, 0.717) is 18.9 Å². The fourth-order valence-corrected chi connectivity index (χ4v) is 1.89.